The van der Waals surface area contributed by atoms with Crippen LogP contribution in [0, 0.1) is 13.8 Å². The first-order valence-electron chi connectivity index (χ1n) is 10.0. The topological polar surface area (TPSA) is 45.2 Å². The van der Waals surface area contributed by atoms with Gasteiger partial charge >= 0.3 is 0 Å². The molecule has 0 bridgehead atoms. The molecule has 3 saturated heterocycles. The summed E-state index contributed by atoms with van der Waals surface area (Å²) in [6.07, 6.45) is 6.66. The predicted octanol–water partition coefficient (Wildman–Crippen LogP) is 3.94. The minimum Gasteiger partial charge on any atom is -0.343 e. The molecule has 4 atom stereocenters. The van der Waals surface area contributed by atoms with Gasteiger partial charge in [-0.1, -0.05) is 30.3 Å². The molecule has 27 heavy (non-hydrogen) atoms. The van der Waals surface area contributed by atoms with Crippen LogP contribution in [0.15, 0.2) is 42.6 Å². The van der Waals surface area contributed by atoms with E-state index in [0.29, 0.717) is 11.6 Å². The molecule has 4 nitrogen and oxygen atoms in total. The molecule has 1 aromatic carbocycles. The number of benzene rings is 1. The van der Waals surface area contributed by atoms with Gasteiger partial charge in [-0.2, -0.15) is 0 Å². The maximum absolute atomic E-state index is 13.3. The van der Waals surface area contributed by atoms with Crippen molar-refractivity contribution < 1.29 is 4.79 Å². The fourth-order valence-electron chi connectivity index (χ4n) is 6.39. The van der Waals surface area contributed by atoms with Crippen LogP contribution < -0.4 is 5.32 Å². The Hall–Kier alpha value is -2.20. The summed E-state index contributed by atoms with van der Waals surface area (Å²) in [6.45, 7) is 6.28. The maximum Gasteiger partial charge on any atom is 0.253 e. The molecule has 1 N–H and O–H groups in total. The molecule has 5 rings (SSSR count). The van der Waals surface area contributed by atoms with Crippen molar-refractivity contribution in [2.45, 2.75) is 69.6 Å². The fourth-order valence-corrected chi connectivity index (χ4v) is 6.39. The Kier molecular flexibility index (Phi) is 3.54. The predicted molar refractivity (Wildman–Crippen MR) is 106 cm³/mol. The van der Waals surface area contributed by atoms with Crippen molar-refractivity contribution in [3.05, 3.63) is 65.0 Å². The summed E-state index contributed by atoms with van der Waals surface area (Å²) in [5, 5.41) is 3.43. The Morgan fingerprint density at radius 3 is 2.74 bits per heavy atom. The largest absolute Gasteiger partial charge is 0.343 e. The molecule has 4 heteroatoms. The summed E-state index contributed by atoms with van der Waals surface area (Å²) in [5.41, 5.74) is 4.12. The number of aryl methyl sites for hydroxylation is 2. The van der Waals surface area contributed by atoms with E-state index < -0.39 is 0 Å². The van der Waals surface area contributed by atoms with Crippen molar-refractivity contribution in [2.24, 2.45) is 0 Å². The van der Waals surface area contributed by atoms with E-state index >= 15 is 0 Å². The lowest BCUT2D eigenvalue weighted by molar-refractivity contribution is -0.219. The quantitative estimate of drug-likeness (QED) is 0.897. The summed E-state index contributed by atoms with van der Waals surface area (Å²) in [4.78, 5) is 20.4. The van der Waals surface area contributed by atoms with Gasteiger partial charge in [0, 0.05) is 23.3 Å². The third-order valence-corrected chi connectivity index (χ3v) is 7.22. The second-order valence-corrected chi connectivity index (χ2v) is 8.95. The highest BCUT2D eigenvalue weighted by Gasteiger charge is 2.73. The van der Waals surface area contributed by atoms with E-state index in [1.165, 1.54) is 24.8 Å². The van der Waals surface area contributed by atoms with Crippen molar-refractivity contribution >= 4 is 5.91 Å². The number of aromatic nitrogens is 1. The molecule has 3 aliphatic heterocycles. The van der Waals surface area contributed by atoms with E-state index in [9.17, 15) is 4.79 Å². The monoisotopic (exact) mass is 361 g/mol. The first-order valence-corrected chi connectivity index (χ1v) is 10.0. The van der Waals surface area contributed by atoms with Crippen LogP contribution in [0.25, 0.3) is 0 Å². The summed E-state index contributed by atoms with van der Waals surface area (Å²) in [5.74, 6) is -0.00101. The molecule has 140 valence electrons. The molecule has 0 radical (unpaired) electrons. The zero-order chi connectivity index (χ0) is 18.8. The smallest absolute Gasteiger partial charge is 0.253 e. The second kappa shape index (κ2) is 5.65. The van der Waals surface area contributed by atoms with Crippen molar-refractivity contribution in [3.8, 4) is 0 Å². The first-order chi connectivity index (χ1) is 12.9. The maximum atomic E-state index is 13.3. The molecule has 0 spiro atoms. The number of carbonyl (C=O) groups is 1. The Labute approximate surface area is 161 Å². The zero-order valence-corrected chi connectivity index (χ0v) is 16.3. The Morgan fingerprint density at radius 2 is 2.04 bits per heavy atom. The van der Waals surface area contributed by atoms with Crippen LogP contribution in [0.3, 0.4) is 0 Å². The Balaban J connectivity index is 1.52. The van der Waals surface area contributed by atoms with Gasteiger partial charge in [-0.15, -0.1) is 0 Å². The van der Waals surface area contributed by atoms with Gasteiger partial charge in [-0.25, -0.2) is 0 Å². The van der Waals surface area contributed by atoms with Gasteiger partial charge in [0.25, 0.3) is 5.91 Å². The molecule has 3 fully saturated rings. The van der Waals surface area contributed by atoms with E-state index in [2.05, 4.69) is 46.4 Å². The van der Waals surface area contributed by atoms with Crippen LogP contribution in [0.5, 0.6) is 0 Å². The van der Waals surface area contributed by atoms with Gasteiger partial charge in [0.1, 0.15) is 0 Å². The van der Waals surface area contributed by atoms with Gasteiger partial charge in [0.2, 0.25) is 0 Å². The number of hydrogen-bond acceptors (Lipinski definition) is 3. The number of rotatable bonds is 4. The van der Waals surface area contributed by atoms with Crippen molar-refractivity contribution in [3.63, 3.8) is 0 Å². The van der Waals surface area contributed by atoms with Crippen LogP contribution in [0.4, 0.5) is 0 Å². The molecule has 4 heterocycles. The first kappa shape index (κ1) is 16.9. The summed E-state index contributed by atoms with van der Waals surface area (Å²) in [7, 11) is 0. The van der Waals surface area contributed by atoms with Gasteiger partial charge < -0.3 is 5.32 Å². The van der Waals surface area contributed by atoms with Crippen molar-refractivity contribution in [1.82, 2.24) is 15.2 Å². The summed E-state index contributed by atoms with van der Waals surface area (Å²) < 4.78 is 0. The normalized spacial score (nSPS) is 32.2. The number of piperidine rings is 1. The average molecular weight is 361 g/mol. The SMILES string of the molecule is Cc1ccnc(C)c1C(=O)NC(c1ccccc1)C12CCC3CC(C)(C1)N32. The number of nitrogens with zero attached hydrogens (tertiary/aromatic N) is 2. The van der Waals surface area contributed by atoms with Crippen LogP contribution in [-0.4, -0.2) is 32.9 Å². The minimum atomic E-state index is -0.00101. The van der Waals surface area contributed by atoms with Gasteiger partial charge in [-0.05, 0) is 63.6 Å². The van der Waals surface area contributed by atoms with E-state index in [4.69, 9.17) is 0 Å². The highest BCUT2D eigenvalue weighted by atomic mass is 16.1. The lowest BCUT2D eigenvalue weighted by atomic mass is 9.59. The van der Waals surface area contributed by atoms with E-state index in [-0.39, 0.29) is 17.5 Å². The van der Waals surface area contributed by atoms with Crippen molar-refractivity contribution in [2.75, 3.05) is 0 Å². The highest BCUT2D eigenvalue weighted by molar-refractivity contribution is 5.97. The van der Waals surface area contributed by atoms with Gasteiger partial charge in [0.15, 0.2) is 0 Å². The fraction of sp³-hybridized carbons (Fsp3) is 0.478. The number of nitrogens with one attached hydrogen (secondary N) is 1. The number of pyridine rings is 1. The van der Waals surface area contributed by atoms with E-state index in [0.717, 1.165) is 23.2 Å². The standard InChI is InChI=1S/C23H27N3O/c1-15-10-12-24-16(2)19(15)21(27)25-20(17-7-5-4-6-8-17)23-11-9-18-13-22(3,14-23)26(18)23/h4-8,10,12,18,20H,9,11,13-14H2,1-3H3,(H,25,27). The number of hydrogen-bond donors (Lipinski definition) is 1. The van der Waals surface area contributed by atoms with E-state index in [1.807, 2.05) is 26.0 Å². The summed E-state index contributed by atoms with van der Waals surface area (Å²) >= 11 is 0. The molecule has 0 saturated carbocycles. The Morgan fingerprint density at radius 1 is 1.26 bits per heavy atom. The van der Waals surface area contributed by atoms with Gasteiger partial charge in [0.05, 0.1) is 17.3 Å². The van der Waals surface area contributed by atoms with Crippen LogP contribution >= 0.6 is 0 Å². The number of amides is 1. The van der Waals surface area contributed by atoms with Crippen LogP contribution in [-0.2, 0) is 0 Å². The van der Waals surface area contributed by atoms with Crippen LogP contribution in [0.2, 0.25) is 0 Å². The highest BCUT2D eigenvalue weighted by Crippen LogP contribution is 2.67. The molecular weight excluding hydrogens is 334 g/mol. The zero-order valence-electron chi connectivity index (χ0n) is 16.3. The molecule has 3 aliphatic rings. The van der Waals surface area contributed by atoms with Crippen LogP contribution in [0.1, 0.15) is 65.8 Å². The molecule has 1 amide bonds. The van der Waals surface area contributed by atoms with E-state index in [1.54, 1.807) is 6.20 Å². The molecule has 2 aromatic rings. The third kappa shape index (κ3) is 2.26. The van der Waals surface area contributed by atoms with Crippen molar-refractivity contribution in [1.29, 1.82) is 0 Å². The minimum absolute atomic E-state index is 0.00101. The number of carbonyl (C=O) groups excluding carboxylic acids is 1. The Bertz CT molecular complexity index is 891. The van der Waals surface area contributed by atoms with Gasteiger partial charge in [-0.3, -0.25) is 14.7 Å². The second-order valence-electron chi connectivity index (χ2n) is 8.95. The average Bonchev–Trinajstić information content (AvgIpc) is 2.77. The molecule has 4 unspecified atom stereocenters. The molecule has 1 aromatic heterocycles. The molecule has 0 aliphatic carbocycles. The summed E-state index contributed by atoms with van der Waals surface area (Å²) in [6, 6.07) is 13.1. The third-order valence-electron chi connectivity index (χ3n) is 7.22. The lowest BCUT2D eigenvalue weighted by Gasteiger charge is -2.73. The lowest BCUT2D eigenvalue weighted by Crippen LogP contribution is -2.81. The molecular formula is C23H27N3O.